The minimum atomic E-state index is 0.407. The fraction of sp³-hybridized carbons (Fsp3) is 0.286. The topological polar surface area (TPSA) is 66.0 Å². The number of aromatic nitrogens is 4. The molecule has 0 aliphatic carbocycles. The summed E-state index contributed by atoms with van der Waals surface area (Å²) in [7, 11) is 3.34. The molecule has 2 rings (SSSR count). The third kappa shape index (κ3) is 1.26. The van der Waals surface area contributed by atoms with Crippen LogP contribution in [0.1, 0.15) is 0 Å². The maximum absolute atomic E-state index is 5.03. The summed E-state index contributed by atoms with van der Waals surface area (Å²) in [5.41, 5.74) is 0.697. The summed E-state index contributed by atoms with van der Waals surface area (Å²) in [5.74, 6) is 0.886. The van der Waals surface area contributed by atoms with Gasteiger partial charge in [0.25, 0.3) is 5.89 Å². The van der Waals surface area contributed by atoms with Gasteiger partial charge in [0, 0.05) is 13.2 Å². The van der Waals surface area contributed by atoms with Crippen molar-refractivity contribution in [2.24, 2.45) is 7.05 Å². The second-order valence-corrected chi connectivity index (χ2v) is 2.47. The van der Waals surface area contributed by atoms with Gasteiger partial charge in [0.1, 0.15) is 5.56 Å². The van der Waals surface area contributed by atoms with Crippen LogP contribution in [0.3, 0.4) is 0 Å². The second-order valence-electron chi connectivity index (χ2n) is 2.47. The predicted octanol–water partition coefficient (Wildman–Crippen LogP) is 0.479. The molecule has 0 unspecified atom stereocenters. The molecule has 0 aliphatic rings. The SMILES string of the molecule is COc1nn(C)cc1-c1nnco1. The lowest BCUT2D eigenvalue weighted by atomic mass is 10.3. The van der Waals surface area contributed by atoms with E-state index < -0.39 is 0 Å². The molecule has 6 heteroatoms. The first-order valence-electron chi connectivity index (χ1n) is 3.65. The molecule has 6 nitrogen and oxygen atoms in total. The van der Waals surface area contributed by atoms with E-state index in [0.717, 1.165) is 0 Å². The van der Waals surface area contributed by atoms with E-state index in [1.807, 2.05) is 0 Å². The van der Waals surface area contributed by atoms with Crippen LogP contribution in [-0.2, 0) is 7.05 Å². The van der Waals surface area contributed by atoms with Gasteiger partial charge in [-0.15, -0.1) is 15.3 Å². The molecule has 68 valence electrons. The second kappa shape index (κ2) is 2.89. The number of hydrogen-bond acceptors (Lipinski definition) is 5. The molecule has 0 bridgehead atoms. The summed E-state index contributed by atoms with van der Waals surface area (Å²) >= 11 is 0. The Bertz CT molecular complexity index is 393. The molecule has 0 spiro atoms. The van der Waals surface area contributed by atoms with Crippen LogP contribution in [0.15, 0.2) is 17.0 Å². The zero-order valence-corrected chi connectivity index (χ0v) is 7.26. The number of rotatable bonds is 2. The molecule has 0 atom stereocenters. The Hall–Kier alpha value is -1.85. The van der Waals surface area contributed by atoms with Crippen molar-refractivity contribution in [1.82, 2.24) is 20.0 Å². The number of ether oxygens (including phenoxy) is 1. The van der Waals surface area contributed by atoms with Crippen molar-refractivity contribution in [2.75, 3.05) is 7.11 Å². The van der Waals surface area contributed by atoms with E-state index in [1.54, 1.807) is 25.0 Å². The van der Waals surface area contributed by atoms with Crippen molar-refractivity contribution in [3.63, 3.8) is 0 Å². The monoisotopic (exact) mass is 180 g/mol. The molecule has 0 saturated heterocycles. The maximum Gasteiger partial charge on any atom is 0.254 e. The highest BCUT2D eigenvalue weighted by molar-refractivity contribution is 5.58. The average molecular weight is 180 g/mol. The van der Waals surface area contributed by atoms with Crippen molar-refractivity contribution in [2.45, 2.75) is 0 Å². The fourth-order valence-electron chi connectivity index (χ4n) is 1.06. The van der Waals surface area contributed by atoms with E-state index in [1.165, 1.54) is 6.39 Å². The van der Waals surface area contributed by atoms with Crippen molar-refractivity contribution >= 4 is 0 Å². The van der Waals surface area contributed by atoms with Crippen molar-refractivity contribution in [3.8, 4) is 17.3 Å². The lowest BCUT2D eigenvalue weighted by Gasteiger charge is -1.93. The number of nitrogens with zero attached hydrogens (tertiary/aromatic N) is 4. The first-order chi connectivity index (χ1) is 6.31. The zero-order chi connectivity index (χ0) is 9.26. The van der Waals surface area contributed by atoms with Gasteiger partial charge in [-0.2, -0.15) is 0 Å². The Morgan fingerprint density at radius 3 is 3.00 bits per heavy atom. The highest BCUT2D eigenvalue weighted by Crippen LogP contribution is 2.25. The van der Waals surface area contributed by atoms with Gasteiger partial charge in [0.2, 0.25) is 12.3 Å². The fourth-order valence-corrected chi connectivity index (χ4v) is 1.06. The summed E-state index contributed by atoms with van der Waals surface area (Å²) in [5, 5.41) is 11.4. The Morgan fingerprint density at radius 1 is 1.54 bits per heavy atom. The van der Waals surface area contributed by atoms with Crippen molar-refractivity contribution < 1.29 is 9.15 Å². The summed E-state index contributed by atoms with van der Waals surface area (Å²) in [6.45, 7) is 0. The quantitative estimate of drug-likeness (QED) is 0.672. The molecule has 2 aromatic rings. The smallest absolute Gasteiger partial charge is 0.254 e. The highest BCUT2D eigenvalue weighted by Gasteiger charge is 2.14. The molecule has 0 aliphatic heterocycles. The van der Waals surface area contributed by atoms with E-state index >= 15 is 0 Å². The van der Waals surface area contributed by atoms with Crippen LogP contribution in [0.2, 0.25) is 0 Å². The Labute approximate surface area is 74.1 Å². The molecule has 0 amide bonds. The van der Waals surface area contributed by atoms with Crippen LogP contribution < -0.4 is 4.74 Å². The molecule has 0 fully saturated rings. The summed E-state index contributed by atoms with van der Waals surface area (Å²) < 4.78 is 11.7. The molecule has 0 radical (unpaired) electrons. The van der Waals surface area contributed by atoms with Gasteiger partial charge in [0.05, 0.1) is 7.11 Å². The zero-order valence-electron chi connectivity index (χ0n) is 7.26. The van der Waals surface area contributed by atoms with E-state index in [4.69, 9.17) is 9.15 Å². The molecule has 2 aromatic heterocycles. The highest BCUT2D eigenvalue weighted by atomic mass is 16.5. The van der Waals surface area contributed by atoms with Gasteiger partial charge in [-0.1, -0.05) is 0 Å². The van der Waals surface area contributed by atoms with Gasteiger partial charge in [0.15, 0.2) is 0 Å². The number of aryl methyl sites for hydroxylation is 1. The van der Waals surface area contributed by atoms with E-state index in [9.17, 15) is 0 Å². The van der Waals surface area contributed by atoms with Crippen LogP contribution in [-0.4, -0.2) is 27.1 Å². The van der Waals surface area contributed by atoms with Gasteiger partial charge in [-0.3, -0.25) is 4.68 Å². The molecule has 13 heavy (non-hydrogen) atoms. The van der Waals surface area contributed by atoms with Crippen LogP contribution in [0.5, 0.6) is 5.88 Å². The van der Waals surface area contributed by atoms with Crippen molar-refractivity contribution in [3.05, 3.63) is 12.6 Å². The third-order valence-corrected chi connectivity index (χ3v) is 1.58. The minimum Gasteiger partial charge on any atom is -0.479 e. The van der Waals surface area contributed by atoms with Crippen molar-refractivity contribution in [1.29, 1.82) is 0 Å². The van der Waals surface area contributed by atoms with Gasteiger partial charge in [-0.05, 0) is 0 Å². The Balaban J connectivity index is 2.50. The van der Waals surface area contributed by atoms with Gasteiger partial charge < -0.3 is 9.15 Å². The van der Waals surface area contributed by atoms with E-state index in [-0.39, 0.29) is 0 Å². The van der Waals surface area contributed by atoms with E-state index in [2.05, 4.69) is 15.3 Å². The van der Waals surface area contributed by atoms with Crippen LogP contribution in [0.25, 0.3) is 11.5 Å². The average Bonchev–Trinajstić information content (AvgIpc) is 2.71. The molecular weight excluding hydrogens is 172 g/mol. The maximum atomic E-state index is 5.03. The largest absolute Gasteiger partial charge is 0.479 e. The molecule has 0 saturated carbocycles. The summed E-state index contributed by atoms with van der Waals surface area (Å²) in [6, 6.07) is 0. The normalized spacial score (nSPS) is 10.3. The Kier molecular flexibility index (Phi) is 1.73. The molecular formula is C7H8N4O2. The molecule has 0 aromatic carbocycles. The lowest BCUT2D eigenvalue weighted by Crippen LogP contribution is -1.89. The van der Waals surface area contributed by atoms with Crippen LogP contribution in [0, 0.1) is 0 Å². The van der Waals surface area contributed by atoms with Crippen LogP contribution >= 0.6 is 0 Å². The Morgan fingerprint density at radius 2 is 2.38 bits per heavy atom. The number of hydrogen-bond donors (Lipinski definition) is 0. The van der Waals surface area contributed by atoms with E-state index in [0.29, 0.717) is 17.3 Å². The first kappa shape index (κ1) is 7.78. The van der Waals surface area contributed by atoms with Crippen LogP contribution in [0.4, 0.5) is 0 Å². The van der Waals surface area contributed by atoms with Gasteiger partial charge >= 0.3 is 0 Å². The number of methoxy groups -OCH3 is 1. The molecule has 0 N–H and O–H groups in total. The summed E-state index contributed by atoms with van der Waals surface area (Å²) in [6.07, 6.45) is 3.02. The third-order valence-electron chi connectivity index (χ3n) is 1.58. The summed E-state index contributed by atoms with van der Waals surface area (Å²) in [4.78, 5) is 0. The minimum absolute atomic E-state index is 0.407. The molecule has 2 heterocycles. The first-order valence-corrected chi connectivity index (χ1v) is 3.65. The predicted molar refractivity (Wildman–Crippen MR) is 43.1 cm³/mol. The van der Waals surface area contributed by atoms with Gasteiger partial charge in [-0.25, -0.2) is 0 Å². The standard InChI is InChI=1S/C7H8N4O2/c1-11-3-5(7(10-11)12-2)6-9-8-4-13-6/h3-4H,1-2H3. The lowest BCUT2D eigenvalue weighted by molar-refractivity contribution is 0.391.